The average Bonchev–Trinajstić information content (AvgIpc) is 3.21. The van der Waals surface area contributed by atoms with E-state index < -0.39 is 0 Å². The number of benzene rings is 1. The number of morpholine rings is 1. The predicted octanol–water partition coefficient (Wildman–Crippen LogP) is 2.22. The summed E-state index contributed by atoms with van der Waals surface area (Å²) in [6.45, 7) is 6.20. The van der Waals surface area contributed by atoms with Crippen LogP contribution in [0.25, 0.3) is 0 Å². The van der Waals surface area contributed by atoms with Gasteiger partial charge in [0, 0.05) is 44.8 Å². The zero-order chi connectivity index (χ0) is 17.5. The van der Waals surface area contributed by atoms with Crippen LogP contribution in [-0.4, -0.2) is 54.3 Å². The van der Waals surface area contributed by atoms with Crippen molar-refractivity contribution in [1.82, 2.24) is 14.9 Å². The molecule has 0 bridgehead atoms. The maximum atomic E-state index is 13.1. The van der Waals surface area contributed by atoms with Crippen molar-refractivity contribution in [2.24, 2.45) is 5.92 Å². The molecule has 2 unspecified atom stereocenters. The topological polar surface area (TPSA) is 41.5 Å². The van der Waals surface area contributed by atoms with Gasteiger partial charge in [0.2, 0.25) is 5.95 Å². The average molecular weight is 354 g/mol. The zero-order valence-electron chi connectivity index (χ0n) is 14.8. The van der Waals surface area contributed by atoms with Crippen LogP contribution in [-0.2, 0) is 17.7 Å². The van der Waals surface area contributed by atoms with E-state index in [9.17, 15) is 4.39 Å². The Kier molecular flexibility index (Phi) is 4.10. The van der Waals surface area contributed by atoms with Gasteiger partial charge in [-0.25, -0.2) is 14.4 Å². The second-order valence-electron chi connectivity index (χ2n) is 7.57. The van der Waals surface area contributed by atoms with Crippen LogP contribution in [0.4, 0.5) is 10.3 Å². The monoisotopic (exact) mass is 354 g/mol. The van der Waals surface area contributed by atoms with E-state index in [0.29, 0.717) is 11.8 Å². The molecule has 6 heteroatoms. The summed E-state index contributed by atoms with van der Waals surface area (Å²) >= 11 is 0. The van der Waals surface area contributed by atoms with E-state index in [-0.39, 0.29) is 5.82 Å². The third kappa shape index (κ3) is 2.97. The molecular formula is C20H23FN4O. The lowest BCUT2D eigenvalue weighted by molar-refractivity contribution is 0.122. The van der Waals surface area contributed by atoms with Gasteiger partial charge in [-0.05, 0) is 35.6 Å². The van der Waals surface area contributed by atoms with Gasteiger partial charge in [-0.1, -0.05) is 12.1 Å². The second kappa shape index (κ2) is 6.59. The molecule has 1 aliphatic carbocycles. The molecule has 136 valence electrons. The molecule has 2 aromatic rings. The van der Waals surface area contributed by atoms with Gasteiger partial charge in [0.05, 0.1) is 18.9 Å². The molecule has 3 aliphatic rings. The van der Waals surface area contributed by atoms with Crippen molar-refractivity contribution in [2.75, 3.05) is 44.3 Å². The summed E-state index contributed by atoms with van der Waals surface area (Å²) in [5, 5.41) is 0. The fraction of sp³-hybridized carbons (Fsp3) is 0.500. The van der Waals surface area contributed by atoms with Crippen LogP contribution in [0, 0.1) is 11.7 Å². The number of aromatic nitrogens is 2. The summed E-state index contributed by atoms with van der Waals surface area (Å²) < 4.78 is 18.5. The Morgan fingerprint density at radius 2 is 1.92 bits per heavy atom. The quantitative estimate of drug-likeness (QED) is 0.845. The van der Waals surface area contributed by atoms with Crippen molar-refractivity contribution in [1.29, 1.82) is 0 Å². The Morgan fingerprint density at radius 3 is 2.73 bits per heavy atom. The first-order chi connectivity index (χ1) is 12.8. The van der Waals surface area contributed by atoms with Gasteiger partial charge in [0.15, 0.2) is 0 Å². The lowest BCUT2D eigenvalue weighted by Gasteiger charge is -2.27. The standard InChI is InChI=1S/C20H23FN4O/c21-17-3-1-14(2-4-17)11-24-12-16-9-15-10-22-20(23-19(15)18(16)13-24)25-5-7-26-8-6-25/h1-4,10,16,18H,5-9,11-13H2. The lowest BCUT2D eigenvalue weighted by Crippen LogP contribution is -2.37. The smallest absolute Gasteiger partial charge is 0.225 e. The molecule has 2 saturated heterocycles. The van der Waals surface area contributed by atoms with Gasteiger partial charge in [-0.2, -0.15) is 0 Å². The van der Waals surface area contributed by atoms with Crippen molar-refractivity contribution in [2.45, 2.75) is 18.9 Å². The van der Waals surface area contributed by atoms with E-state index in [1.165, 1.54) is 16.8 Å². The van der Waals surface area contributed by atoms with Gasteiger partial charge in [0.1, 0.15) is 5.82 Å². The Bertz CT molecular complexity index is 791. The molecule has 0 N–H and O–H groups in total. The number of anilines is 1. The van der Waals surface area contributed by atoms with Crippen LogP contribution in [0.3, 0.4) is 0 Å². The number of hydrogen-bond donors (Lipinski definition) is 0. The van der Waals surface area contributed by atoms with Crippen molar-refractivity contribution in [3.8, 4) is 0 Å². The molecule has 0 radical (unpaired) electrons. The molecule has 0 spiro atoms. The SMILES string of the molecule is Fc1ccc(CN2CC3Cc4cnc(N5CCOCC5)nc4C3C2)cc1. The highest BCUT2D eigenvalue weighted by Gasteiger charge is 2.41. The first-order valence-corrected chi connectivity index (χ1v) is 9.41. The normalized spacial score (nSPS) is 25.3. The van der Waals surface area contributed by atoms with Crippen molar-refractivity contribution >= 4 is 5.95 Å². The van der Waals surface area contributed by atoms with Crippen LogP contribution in [0.1, 0.15) is 22.7 Å². The van der Waals surface area contributed by atoms with Crippen molar-refractivity contribution in [3.63, 3.8) is 0 Å². The second-order valence-corrected chi connectivity index (χ2v) is 7.57. The van der Waals surface area contributed by atoms with E-state index in [2.05, 4.69) is 14.8 Å². The minimum Gasteiger partial charge on any atom is -0.378 e. The number of likely N-dealkylation sites (tertiary alicyclic amines) is 1. The molecule has 2 atom stereocenters. The van der Waals surface area contributed by atoms with E-state index >= 15 is 0 Å². The van der Waals surface area contributed by atoms with Gasteiger partial charge in [-0.3, -0.25) is 4.90 Å². The first-order valence-electron chi connectivity index (χ1n) is 9.41. The summed E-state index contributed by atoms with van der Waals surface area (Å²) in [6, 6.07) is 6.86. The van der Waals surface area contributed by atoms with Gasteiger partial charge >= 0.3 is 0 Å². The Labute approximate surface area is 152 Å². The molecule has 0 saturated carbocycles. The van der Waals surface area contributed by atoms with Gasteiger partial charge in [0.25, 0.3) is 0 Å². The highest BCUT2D eigenvalue weighted by Crippen LogP contribution is 2.42. The van der Waals surface area contributed by atoms with Crippen LogP contribution in [0.2, 0.25) is 0 Å². The number of halogens is 1. The van der Waals surface area contributed by atoms with Crippen LogP contribution in [0.5, 0.6) is 0 Å². The third-order valence-electron chi connectivity index (χ3n) is 5.85. The predicted molar refractivity (Wildman–Crippen MR) is 96.7 cm³/mol. The summed E-state index contributed by atoms with van der Waals surface area (Å²) in [5.74, 6) is 1.80. The summed E-state index contributed by atoms with van der Waals surface area (Å²) in [6.07, 6.45) is 3.11. The lowest BCUT2D eigenvalue weighted by atomic mass is 9.99. The zero-order valence-corrected chi connectivity index (χ0v) is 14.8. The highest BCUT2D eigenvalue weighted by molar-refractivity contribution is 5.39. The van der Waals surface area contributed by atoms with Crippen LogP contribution < -0.4 is 4.90 Å². The number of rotatable bonds is 3. The number of nitrogens with zero attached hydrogens (tertiary/aromatic N) is 4. The molecule has 26 heavy (non-hydrogen) atoms. The van der Waals surface area contributed by atoms with E-state index in [0.717, 1.165) is 58.3 Å². The summed E-state index contributed by atoms with van der Waals surface area (Å²) in [4.78, 5) is 14.3. The Hall–Kier alpha value is -2.05. The van der Waals surface area contributed by atoms with E-state index in [4.69, 9.17) is 9.72 Å². The van der Waals surface area contributed by atoms with Crippen molar-refractivity contribution in [3.05, 3.63) is 53.1 Å². The molecule has 2 aliphatic heterocycles. The molecule has 3 heterocycles. The molecule has 1 aromatic heterocycles. The minimum absolute atomic E-state index is 0.173. The Morgan fingerprint density at radius 1 is 1.12 bits per heavy atom. The summed E-state index contributed by atoms with van der Waals surface area (Å²) in [7, 11) is 0. The van der Waals surface area contributed by atoms with Crippen molar-refractivity contribution < 1.29 is 9.13 Å². The van der Waals surface area contributed by atoms with Gasteiger partial charge < -0.3 is 9.64 Å². The maximum absolute atomic E-state index is 13.1. The largest absolute Gasteiger partial charge is 0.378 e. The summed E-state index contributed by atoms with van der Waals surface area (Å²) in [5.41, 5.74) is 3.73. The molecule has 5 rings (SSSR count). The first kappa shape index (κ1) is 16.1. The molecular weight excluding hydrogens is 331 g/mol. The number of hydrogen-bond acceptors (Lipinski definition) is 5. The number of ether oxygens (including phenoxy) is 1. The van der Waals surface area contributed by atoms with Gasteiger partial charge in [-0.15, -0.1) is 0 Å². The molecule has 1 aromatic carbocycles. The highest BCUT2D eigenvalue weighted by atomic mass is 19.1. The van der Waals surface area contributed by atoms with Crippen LogP contribution in [0.15, 0.2) is 30.5 Å². The van der Waals surface area contributed by atoms with E-state index in [1.807, 2.05) is 18.3 Å². The fourth-order valence-corrected chi connectivity index (χ4v) is 4.54. The Balaban J connectivity index is 1.31. The number of fused-ring (bicyclic) bond motifs is 3. The fourth-order valence-electron chi connectivity index (χ4n) is 4.54. The molecule has 5 nitrogen and oxygen atoms in total. The molecule has 2 fully saturated rings. The third-order valence-corrected chi connectivity index (χ3v) is 5.85. The van der Waals surface area contributed by atoms with E-state index in [1.54, 1.807) is 12.1 Å². The minimum atomic E-state index is -0.173. The molecule has 0 amide bonds. The maximum Gasteiger partial charge on any atom is 0.225 e. The van der Waals surface area contributed by atoms with Crippen LogP contribution >= 0.6 is 0 Å².